The topological polar surface area (TPSA) is 35.8 Å². The van der Waals surface area contributed by atoms with Gasteiger partial charge in [-0.25, -0.2) is 0 Å². The molecule has 1 saturated carbocycles. The highest BCUT2D eigenvalue weighted by molar-refractivity contribution is 5.90. The van der Waals surface area contributed by atoms with E-state index in [1.54, 1.807) is 0 Å². The van der Waals surface area contributed by atoms with Gasteiger partial charge in [-0.15, -0.1) is 0 Å². The minimum absolute atomic E-state index is 0.470. The summed E-state index contributed by atoms with van der Waals surface area (Å²) in [6, 6.07) is 0.470. The van der Waals surface area contributed by atoms with Gasteiger partial charge in [-0.2, -0.15) is 0 Å². The largest absolute Gasteiger partial charge is 0.411 e. The highest BCUT2D eigenvalue weighted by Gasteiger charge is 2.30. The molecule has 1 aliphatic heterocycles. The molecule has 1 aliphatic carbocycles. The lowest BCUT2D eigenvalue weighted by molar-refractivity contribution is 0.279. The SMILES string of the molecule is O/N=C1\CCC[C@H]1N1CCCC1. The first kappa shape index (κ1) is 8.05. The zero-order valence-corrected chi connectivity index (χ0v) is 7.37. The van der Waals surface area contributed by atoms with E-state index in [0.29, 0.717) is 6.04 Å². The first-order valence-electron chi connectivity index (χ1n) is 4.86. The van der Waals surface area contributed by atoms with Gasteiger partial charge < -0.3 is 5.21 Å². The van der Waals surface area contributed by atoms with Crippen LogP contribution in [-0.4, -0.2) is 35.0 Å². The molecule has 3 heteroatoms. The molecule has 3 nitrogen and oxygen atoms in total. The van der Waals surface area contributed by atoms with Crippen molar-refractivity contribution >= 4 is 5.71 Å². The minimum atomic E-state index is 0.470. The summed E-state index contributed by atoms with van der Waals surface area (Å²) in [5, 5.41) is 12.1. The molecule has 0 unspecified atom stereocenters. The van der Waals surface area contributed by atoms with Crippen molar-refractivity contribution in [3.63, 3.8) is 0 Å². The Morgan fingerprint density at radius 2 is 2.00 bits per heavy atom. The number of oxime groups is 1. The molecule has 0 aromatic carbocycles. The Morgan fingerprint density at radius 3 is 2.67 bits per heavy atom. The van der Waals surface area contributed by atoms with Gasteiger partial charge in [-0.3, -0.25) is 4.90 Å². The van der Waals surface area contributed by atoms with E-state index in [-0.39, 0.29) is 0 Å². The lowest BCUT2D eigenvalue weighted by Gasteiger charge is -2.22. The molecule has 0 aromatic rings. The Morgan fingerprint density at radius 1 is 1.25 bits per heavy atom. The summed E-state index contributed by atoms with van der Waals surface area (Å²) < 4.78 is 0. The van der Waals surface area contributed by atoms with Gasteiger partial charge in [0.05, 0.1) is 11.8 Å². The summed E-state index contributed by atoms with van der Waals surface area (Å²) in [6.45, 7) is 2.40. The third-order valence-electron chi connectivity index (χ3n) is 3.00. The molecule has 0 radical (unpaired) electrons. The highest BCUT2D eigenvalue weighted by atomic mass is 16.4. The maximum absolute atomic E-state index is 8.76. The van der Waals surface area contributed by atoms with Gasteiger partial charge in [0.15, 0.2) is 0 Å². The average molecular weight is 168 g/mol. The van der Waals surface area contributed by atoms with Crippen molar-refractivity contribution in [1.82, 2.24) is 4.90 Å². The van der Waals surface area contributed by atoms with Crippen LogP contribution in [0.1, 0.15) is 32.1 Å². The monoisotopic (exact) mass is 168 g/mol. The highest BCUT2D eigenvalue weighted by Crippen LogP contribution is 2.24. The third kappa shape index (κ3) is 1.33. The molecule has 2 rings (SSSR count). The summed E-state index contributed by atoms with van der Waals surface area (Å²) in [5.41, 5.74) is 1.01. The molecule has 1 atom stereocenters. The van der Waals surface area contributed by atoms with Crippen molar-refractivity contribution in [3.8, 4) is 0 Å². The molecular formula is C9H16N2O. The molecule has 1 saturated heterocycles. The summed E-state index contributed by atoms with van der Waals surface area (Å²) in [5.74, 6) is 0. The number of hydrogen-bond donors (Lipinski definition) is 1. The second-order valence-corrected chi connectivity index (χ2v) is 3.74. The van der Waals surface area contributed by atoms with Crippen LogP contribution >= 0.6 is 0 Å². The van der Waals surface area contributed by atoms with Gasteiger partial charge in [0.25, 0.3) is 0 Å². The van der Waals surface area contributed by atoms with E-state index in [1.807, 2.05) is 0 Å². The van der Waals surface area contributed by atoms with Gasteiger partial charge in [0, 0.05) is 0 Å². The van der Waals surface area contributed by atoms with Crippen LogP contribution in [0.3, 0.4) is 0 Å². The van der Waals surface area contributed by atoms with Crippen LogP contribution in [0.4, 0.5) is 0 Å². The van der Waals surface area contributed by atoms with Crippen LogP contribution in [0.2, 0.25) is 0 Å². The Hall–Kier alpha value is -0.570. The van der Waals surface area contributed by atoms with E-state index in [2.05, 4.69) is 10.1 Å². The fourth-order valence-electron chi connectivity index (χ4n) is 2.37. The predicted octanol–water partition coefficient (Wildman–Crippen LogP) is 1.46. The summed E-state index contributed by atoms with van der Waals surface area (Å²) in [7, 11) is 0. The number of likely N-dealkylation sites (tertiary alicyclic amines) is 1. The van der Waals surface area contributed by atoms with Crippen molar-refractivity contribution in [1.29, 1.82) is 0 Å². The third-order valence-corrected chi connectivity index (χ3v) is 3.00. The second-order valence-electron chi connectivity index (χ2n) is 3.74. The van der Waals surface area contributed by atoms with Crippen molar-refractivity contribution in [2.45, 2.75) is 38.1 Å². The summed E-state index contributed by atoms with van der Waals surface area (Å²) in [4.78, 5) is 2.46. The van der Waals surface area contributed by atoms with Crippen LogP contribution in [0.5, 0.6) is 0 Å². The van der Waals surface area contributed by atoms with Crippen LogP contribution < -0.4 is 0 Å². The van der Waals surface area contributed by atoms with Crippen molar-refractivity contribution in [2.75, 3.05) is 13.1 Å². The molecule has 0 aromatic heterocycles. The van der Waals surface area contributed by atoms with Crippen LogP contribution in [0.25, 0.3) is 0 Å². The second kappa shape index (κ2) is 3.44. The molecule has 0 spiro atoms. The van der Waals surface area contributed by atoms with Crippen molar-refractivity contribution in [3.05, 3.63) is 0 Å². The van der Waals surface area contributed by atoms with E-state index >= 15 is 0 Å². The van der Waals surface area contributed by atoms with Gasteiger partial charge >= 0.3 is 0 Å². The molecular weight excluding hydrogens is 152 g/mol. The standard InChI is InChI=1S/C9H16N2O/c12-10-8-4-3-5-9(8)11-6-1-2-7-11/h9,12H,1-7H2/b10-8+/t9-/m1/s1. The van der Waals surface area contributed by atoms with Gasteiger partial charge in [0.2, 0.25) is 0 Å². The minimum Gasteiger partial charge on any atom is -0.411 e. The van der Waals surface area contributed by atoms with Gasteiger partial charge in [0.1, 0.15) is 0 Å². The van der Waals surface area contributed by atoms with Crippen molar-refractivity contribution < 1.29 is 5.21 Å². The Bertz CT molecular complexity index is 185. The first-order chi connectivity index (χ1) is 5.92. The van der Waals surface area contributed by atoms with Crippen LogP contribution in [-0.2, 0) is 0 Å². The van der Waals surface area contributed by atoms with Gasteiger partial charge in [-0.1, -0.05) is 5.16 Å². The molecule has 1 heterocycles. The zero-order chi connectivity index (χ0) is 8.39. The predicted molar refractivity (Wildman–Crippen MR) is 47.7 cm³/mol. The number of hydrogen-bond acceptors (Lipinski definition) is 3. The number of nitrogens with zero attached hydrogens (tertiary/aromatic N) is 2. The zero-order valence-electron chi connectivity index (χ0n) is 7.37. The van der Waals surface area contributed by atoms with Crippen LogP contribution in [0, 0.1) is 0 Å². The smallest absolute Gasteiger partial charge is 0.0742 e. The van der Waals surface area contributed by atoms with Gasteiger partial charge in [-0.05, 0) is 45.2 Å². The lowest BCUT2D eigenvalue weighted by atomic mass is 10.2. The molecule has 1 N–H and O–H groups in total. The molecule has 0 bridgehead atoms. The lowest BCUT2D eigenvalue weighted by Crippen LogP contribution is -2.35. The maximum Gasteiger partial charge on any atom is 0.0742 e. The molecule has 68 valence electrons. The van der Waals surface area contributed by atoms with E-state index in [1.165, 1.54) is 38.8 Å². The van der Waals surface area contributed by atoms with Crippen LogP contribution in [0.15, 0.2) is 5.16 Å². The van der Waals surface area contributed by atoms with E-state index in [4.69, 9.17) is 5.21 Å². The Kier molecular flexibility index (Phi) is 2.30. The maximum atomic E-state index is 8.76. The Balaban J connectivity index is 2.01. The fraction of sp³-hybridized carbons (Fsp3) is 0.889. The summed E-state index contributed by atoms with van der Waals surface area (Å²) in [6.07, 6.45) is 6.02. The average Bonchev–Trinajstić information content (AvgIpc) is 2.74. The van der Waals surface area contributed by atoms with E-state index < -0.39 is 0 Å². The molecule has 0 amide bonds. The molecule has 2 aliphatic rings. The summed E-state index contributed by atoms with van der Waals surface area (Å²) >= 11 is 0. The molecule has 12 heavy (non-hydrogen) atoms. The quantitative estimate of drug-likeness (QED) is 0.475. The Labute approximate surface area is 73.1 Å². The number of rotatable bonds is 1. The van der Waals surface area contributed by atoms with E-state index in [9.17, 15) is 0 Å². The first-order valence-corrected chi connectivity index (χ1v) is 4.86. The normalized spacial score (nSPS) is 35.0. The van der Waals surface area contributed by atoms with Crippen molar-refractivity contribution in [2.24, 2.45) is 5.16 Å². The fourth-order valence-corrected chi connectivity index (χ4v) is 2.37. The molecule has 2 fully saturated rings. The van der Waals surface area contributed by atoms with E-state index in [0.717, 1.165) is 12.1 Å².